The standard InChI is InChI=1S/C15H24N2O/c1-15(2,18)11-16(3)10-12-5-6-14-13(9-12)7-8-17(14)4/h5-6,9,18H,7-8,10-11H2,1-4H3. The highest BCUT2D eigenvalue weighted by Crippen LogP contribution is 2.27. The van der Waals surface area contributed by atoms with Gasteiger partial charge in [0.2, 0.25) is 0 Å². The maximum absolute atomic E-state index is 9.81. The number of fused-ring (bicyclic) bond motifs is 1. The molecule has 0 saturated heterocycles. The number of anilines is 1. The fraction of sp³-hybridized carbons (Fsp3) is 0.600. The second kappa shape index (κ2) is 4.90. The lowest BCUT2D eigenvalue weighted by atomic mass is 10.1. The summed E-state index contributed by atoms with van der Waals surface area (Å²) in [6.07, 6.45) is 1.15. The first kappa shape index (κ1) is 13.4. The molecule has 0 aromatic heterocycles. The molecule has 0 spiro atoms. The fourth-order valence-electron chi connectivity index (χ4n) is 2.75. The van der Waals surface area contributed by atoms with Gasteiger partial charge in [0.15, 0.2) is 0 Å². The predicted octanol–water partition coefficient (Wildman–Crippen LogP) is 1.88. The third kappa shape index (κ3) is 3.24. The molecule has 1 aliphatic heterocycles. The molecule has 0 aliphatic carbocycles. The molecule has 0 saturated carbocycles. The molecule has 3 heteroatoms. The fourth-order valence-corrected chi connectivity index (χ4v) is 2.75. The zero-order valence-corrected chi connectivity index (χ0v) is 11.9. The van der Waals surface area contributed by atoms with Gasteiger partial charge >= 0.3 is 0 Å². The van der Waals surface area contributed by atoms with Gasteiger partial charge in [-0.2, -0.15) is 0 Å². The average molecular weight is 248 g/mol. The molecule has 100 valence electrons. The van der Waals surface area contributed by atoms with Crippen LogP contribution in [0.4, 0.5) is 5.69 Å². The Morgan fingerprint density at radius 3 is 2.78 bits per heavy atom. The van der Waals surface area contributed by atoms with Crippen molar-refractivity contribution in [1.82, 2.24) is 4.90 Å². The maximum atomic E-state index is 9.81. The summed E-state index contributed by atoms with van der Waals surface area (Å²) in [6, 6.07) is 6.72. The van der Waals surface area contributed by atoms with E-state index in [1.54, 1.807) is 0 Å². The lowest BCUT2D eigenvalue weighted by Gasteiger charge is -2.25. The van der Waals surface area contributed by atoms with E-state index in [1.807, 2.05) is 13.8 Å². The van der Waals surface area contributed by atoms with Crippen LogP contribution < -0.4 is 4.90 Å². The van der Waals surface area contributed by atoms with Crippen molar-refractivity contribution in [2.45, 2.75) is 32.4 Å². The van der Waals surface area contributed by atoms with Crippen LogP contribution in [0.1, 0.15) is 25.0 Å². The lowest BCUT2D eigenvalue weighted by Crippen LogP contribution is -2.35. The van der Waals surface area contributed by atoms with E-state index in [1.165, 1.54) is 16.8 Å². The van der Waals surface area contributed by atoms with Gasteiger partial charge in [-0.3, -0.25) is 4.90 Å². The minimum atomic E-state index is -0.633. The summed E-state index contributed by atoms with van der Waals surface area (Å²) in [5.74, 6) is 0. The first-order chi connectivity index (χ1) is 8.35. The maximum Gasteiger partial charge on any atom is 0.0718 e. The topological polar surface area (TPSA) is 26.7 Å². The molecule has 0 unspecified atom stereocenters. The van der Waals surface area contributed by atoms with Crippen molar-refractivity contribution >= 4 is 5.69 Å². The first-order valence-electron chi connectivity index (χ1n) is 6.59. The van der Waals surface area contributed by atoms with Crippen molar-refractivity contribution in [2.75, 3.05) is 32.1 Å². The Bertz CT molecular complexity index is 423. The van der Waals surface area contributed by atoms with E-state index in [9.17, 15) is 5.11 Å². The molecule has 0 radical (unpaired) electrons. The van der Waals surface area contributed by atoms with E-state index >= 15 is 0 Å². The normalized spacial score (nSPS) is 15.3. The summed E-state index contributed by atoms with van der Waals surface area (Å²) in [4.78, 5) is 4.47. The number of hydrogen-bond donors (Lipinski definition) is 1. The van der Waals surface area contributed by atoms with Crippen LogP contribution >= 0.6 is 0 Å². The largest absolute Gasteiger partial charge is 0.389 e. The molecule has 1 aromatic rings. The molecule has 0 fully saturated rings. The number of hydrogen-bond acceptors (Lipinski definition) is 3. The molecule has 3 nitrogen and oxygen atoms in total. The quantitative estimate of drug-likeness (QED) is 0.881. The van der Waals surface area contributed by atoms with Crippen LogP contribution in [0.2, 0.25) is 0 Å². The van der Waals surface area contributed by atoms with E-state index in [-0.39, 0.29) is 0 Å². The van der Waals surface area contributed by atoms with E-state index in [2.05, 4.69) is 42.1 Å². The molecule has 0 atom stereocenters. The van der Waals surface area contributed by atoms with Gasteiger partial charge in [0, 0.05) is 32.4 Å². The monoisotopic (exact) mass is 248 g/mol. The number of likely N-dealkylation sites (N-methyl/N-ethyl adjacent to an activating group) is 2. The van der Waals surface area contributed by atoms with Gasteiger partial charge in [0.05, 0.1) is 5.60 Å². The number of nitrogens with zero attached hydrogens (tertiary/aromatic N) is 2. The Morgan fingerprint density at radius 1 is 1.39 bits per heavy atom. The molecule has 1 N–H and O–H groups in total. The highest BCUT2D eigenvalue weighted by Gasteiger charge is 2.18. The Balaban J connectivity index is 2.03. The summed E-state index contributed by atoms with van der Waals surface area (Å²) < 4.78 is 0. The van der Waals surface area contributed by atoms with Crippen molar-refractivity contribution in [3.8, 4) is 0 Å². The van der Waals surface area contributed by atoms with Gasteiger partial charge in [-0.1, -0.05) is 12.1 Å². The van der Waals surface area contributed by atoms with E-state index < -0.39 is 5.60 Å². The average Bonchev–Trinajstić information content (AvgIpc) is 2.57. The van der Waals surface area contributed by atoms with Gasteiger partial charge in [0.25, 0.3) is 0 Å². The summed E-state index contributed by atoms with van der Waals surface area (Å²) in [5.41, 5.74) is 3.51. The molecule has 1 aliphatic rings. The highest BCUT2D eigenvalue weighted by molar-refractivity contribution is 5.58. The van der Waals surface area contributed by atoms with Crippen LogP contribution in [-0.2, 0) is 13.0 Å². The zero-order valence-electron chi connectivity index (χ0n) is 11.9. The van der Waals surface area contributed by atoms with Crippen molar-refractivity contribution in [3.63, 3.8) is 0 Å². The predicted molar refractivity (Wildman–Crippen MR) is 76.0 cm³/mol. The Kier molecular flexibility index (Phi) is 3.64. The molecule has 0 amide bonds. The second-order valence-electron chi connectivity index (χ2n) is 6.12. The number of rotatable bonds is 4. The van der Waals surface area contributed by atoms with Crippen molar-refractivity contribution in [1.29, 1.82) is 0 Å². The lowest BCUT2D eigenvalue weighted by molar-refractivity contribution is 0.0425. The van der Waals surface area contributed by atoms with Crippen molar-refractivity contribution < 1.29 is 5.11 Å². The van der Waals surface area contributed by atoms with Gasteiger partial charge in [-0.05, 0) is 44.5 Å². The van der Waals surface area contributed by atoms with E-state index in [0.29, 0.717) is 6.54 Å². The molecule has 2 rings (SSSR count). The van der Waals surface area contributed by atoms with Gasteiger partial charge in [-0.25, -0.2) is 0 Å². The third-order valence-corrected chi connectivity index (χ3v) is 3.38. The number of benzene rings is 1. The molecular weight excluding hydrogens is 224 g/mol. The van der Waals surface area contributed by atoms with Crippen molar-refractivity contribution in [3.05, 3.63) is 29.3 Å². The van der Waals surface area contributed by atoms with Crippen LogP contribution in [-0.4, -0.2) is 42.8 Å². The highest BCUT2D eigenvalue weighted by atomic mass is 16.3. The van der Waals surface area contributed by atoms with E-state index in [0.717, 1.165) is 19.5 Å². The van der Waals surface area contributed by atoms with Gasteiger partial charge in [-0.15, -0.1) is 0 Å². The van der Waals surface area contributed by atoms with Gasteiger partial charge in [0.1, 0.15) is 0 Å². The zero-order chi connectivity index (χ0) is 13.3. The number of aliphatic hydroxyl groups is 1. The Labute approximate surface area is 110 Å². The molecule has 1 aromatic carbocycles. The van der Waals surface area contributed by atoms with Crippen LogP contribution in [0.3, 0.4) is 0 Å². The van der Waals surface area contributed by atoms with Crippen molar-refractivity contribution in [2.24, 2.45) is 0 Å². The third-order valence-electron chi connectivity index (χ3n) is 3.38. The van der Waals surface area contributed by atoms with E-state index in [4.69, 9.17) is 0 Å². The SMILES string of the molecule is CN(Cc1ccc2c(c1)CCN2C)CC(C)(C)O. The first-order valence-corrected chi connectivity index (χ1v) is 6.59. The smallest absolute Gasteiger partial charge is 0.0718 e. The Morgan fingerprint density at radius 2 is 2.11 bits per heavy atom. The van der Waals surface area contributed by atoms with Crippen LogP contribution in [0.5, 0.6) is 0 Å². The minimum absolute atomic E-state index is 0.633. The molecular formula is C15H24N2O. The minimum Gasteiger partial charge on any atom is -0.389 e. The summed E-state index contributed by atoms with van der Waals surface area (Å²) in [5, 5.41) is 9.81. The molecule has 0 bridgehead atoms. The van der Waals surface area contributed by atoms with Gasteiger partial charge < -0.3 is 10.0 Å². The Hall–Kier alpha value is -1.06. The van der Waals surface area contributed by atoms with Crippen LogP contribution in [0, 0.1) is 0 Å². The summed E-state index contributed by atoms with van der Waals surface area (Å²) >= 11 is 0. The molecule has 18 heavy (non-hydrogen) atoms. The summed E-state index contributed by atoms with van der Waals surface area (Å²) in [7, 11) is 4.20. The summed E-state index contributed by atoms with van der Waals surface area (Å²) in [6.45, 7) is 6.39. The van der Waals surface area contributed by atoms with Crippen LogP contribution in [0.25, 0.3) is 0 Å². The van der Waals surface area contributed by atoms with Crippen LogP contribution in [0.15, 0.2) is 18.2 Å². The molecule has 1 heterocycles. The second-order valence-corrected chi connectivity index (χ2v) is 6.12.